The van der Waals surface area contributed by atoms with Crippen molar-refractivity contribution in [3.8, 4) is 11.3 Å². The Bertz CT molecular complexity index is 1200. The molecule has 1 saturated heterocycles. The zero-order valence-electron chi connectivity index (χ0n) is 16.7. The number of hydrogen-bond donors (Lipinski definition) is 3. The number of rotatable bonds is 5. The molecule has 2 heterocycles. The van der Waals surface area contributed by atoms with Crippen molar-refractivity contribution < 1.29 is 33.2 Å². The number of aromatic nitrogens is 3. The summed E-state index contributed by atoms with van der Waals surface area (Å²) in [6.07, 6.45) is -2.75. The summed E-state index contributed by atoms with van der Waals surface area (Å²) in [6.45, 7) is -0.591. The van der Waals surface area contributed by atoms with Crippen LogP contribution in [0.3, 0.4) is 0 Å². The first-order chi connectivity index (χ1) is 16.1. The molecule has 3 N–H and O–H groups in total. The summed E-state index contributed by atoms with van der Waals surface area (Å²) in [5.74, 6) is -4.45. The summed E-state index contributed by atoms with van der Waals surface area (Å²) in [6, 6.07) is 3.20. The maximum absolute atomic E-state index is 13.6. The molecule has 34 heavy (non-hydrogen) atoms. The van der Waals surface area contributed by atoms with Crippen LogP contribution in [0, 0.1) is 17.5 Å². The summed E-state index contributed by atoms with van der Waals surface area (Å²) in [5.41, 5.74) is -1.19. The molecule has 0 amide bonds. The summed E-state index contributed by atoms with van der Waals surface area (Å²) >= 11 is 19.2. The van der Waals surface area contributed by atoms with Gasteiger partial charge in [-0.15, -0.1) is 5.10 Å². The Labute approximate surface area is 210 Å². The van der Waals surface area contributed by atoms with Crippen LogP contribution in [0.1, 0.15) is 6.04 Å². The molecule has 0 radical (unpaired) electrons. The van der Waals surface area contributed by atoms with Gasteiger partial charge in [0.2, 0.25) is 0 Å². The fourth-order valence-electron chi connectivity index (χ4n) is 3.46. The van der Waals surface area contributed by atoms with E-state index in [1.807, 2.05) is 0 Å². The maximum atomic E-state index is 13.6. The van der Waals surface area contributed by atoms with Crippen LogP contribution in [0.4, 0.5) is 13.2 Å². The SMILES string of the molecule is OC[C@H]1O[C@H](Sc2cc(Cl)c(Cl)cc2Cl)[C@H](O)[C@@H](n2cc(-c3cc(F)c(F)c(F)c3)nn2)[C@H]1O. The number of aliphatic hydroxyl groups is 3. The van der Waals surface area contributed by atoms with Gasteiger partial charge < -0.3 is 20.1 Å². The molecule has 0 unspecified atom stereocenters. The lowest BCUT2D eigenvalue weighted by Gasteiger charge is -2.41. The van der Waals surface area contributed by atoms with Gasteiger partial charge in [-0.3, -0.25) is 0 Å². The van der Waals surface area contributed by atoms with E-state index in [0.717, 1.165) is 28.6 Å². The monoisotopic (exact) mass is 555 g/mol. The molecule has 2 aromatic carbocycles. The van der Waals surface area contributed by atoms with Gasteiger partial charge >= 0.3 is 0 Å². The van der Waals surface area contributed by atoms with Gasteiger partial charge in [0.15, 0.2) is 17.5 Å². The van der Waals surface area contributed by atoms with Crippen LogP contribution < -0.4 is 0 Å². The fourth-order valence-corrected chi connectivity index (χ4v) is 5.31. The van der Waals surface area contributed by atoms with E-state index >= 15 is 0 Å². The molecule has 1 aliphatic rings. The highest BCUT2D eigenvalue weighted by atomic mass is 35.5. The van der Waals surface area contributed by atoms with E-state index in [2.05, 4.69) is 10.3 Å². The number of hydrogen-bond acceptors (Lipinski definition) is 7. The topological polar surface area (TPSA) is 101 Å². The first-order valence-corrected chi connectivity index (χ1v) is 11.6. The lowest BCUT2D eigenvalue weighted by Crippen LogP contribution is -2.55. The molecule has 14 heteroatoms. The number of ether oxygens (including phenoxy) is 1. The second kappa shape index (κ2) is 10.2. The largest absolute Gasteiger partial charge is 0.394 e. The summed E-state index contributed by atoms with van der Waals surface area (Å²) in [4.78, 5) is 0.420. The molecular weight excluding hydrogens is 542 g/mol. The van der Waals surface area contributed by atoms with Crippen LogP contribution >= 0.6 is 46.6 Å². The number of aliphatic hydroxyl groups excluding tert-OH is 3. The molecule has 0 saturated carbocycles. The van der Waals surface area contributed by atoms with Crippen LogP contribution in [0.25, 0.3) is 11.3 Å². The Balaban J connectivity index is 1.65. The molecule has 1 fully saturated rings. The smallest absolute Gasteiger partial charge is 0.194 e. The minimum atomic E-state index is -1.63. The van der Waals surface area contributed by atoms with Crippen molar-refractivity contribution in [3.63, 3.8) is 0 Å². The predicted octanol–water partition coefficient (Wildman–Crippen LogP) is 4.10. The minimum Gasteiger partial charge on any atom is -0.394 e. The summed E-state index contributed by atoms with van der Waals surface area (Å²) in [7, 11) is 0. The molecule has 4 rings (SSSR count). The molecular formula is C20H15Cl3F3N3O4S. The Morgan fingerprint density at radius 2 is 1.62 bits per heavy atom. The van der Waals surface area contributed by atoms with E-state index in [4.69, 9.17) is 39.5 Å². The third-order valence-electron chi connectivity index (χ3n) is 5.16. The molecule has 182 valence electrons. The number of halogens is 6. The second-order valence-corrected chi connectivity index (χ2v) is 9.71. The molecule has 1 aliphatic heterocycles. The second-order valence-electron chi connectivity index (χ2n) is 7.35. The normalized spacial score (nSPS) is 25.0. The third kappa shape index (κ3) is 4.89. The van der Waals surface area contributed by atoms with Crippen molar-refractivity contribution in [3.05, 3.63) is 63.0 Å². The van der Waals surface area contributed by atoms with E-state index in [0.29, 0.717) is 4.90 Å². The van der Waals surface area contributed by atoms with Crippen molar-refractivity contribution in [2.45, 2.75) is 34.7 Å². The van der Waals surface area contributed by atoms with Crippen molar-refractivity contribution >= 4 is 46.6 Å². The van der Waals surface area contributed by atoms with Crippen LogP contribution in [-0.2, 0) is 4.74 Å². The predicted molar refractivity (Wildman–Crippen MR) is 119 cm³/mol. The Morgan fingerprint density at radius 3 is 2.26 bits per heavy atom. The first-order valence-electron chi connectivity index (χ1n) is 9.61. The summed E-state index contributed by atoms with van der Waals surface area (Å²) < 4.78 is 47.3. The molecule has 0 aliphatic carbocycles. The van der Waals surface area contributed by atoms with Gasteiger partial charge in [0, 0.05) is 10.5 Å². The van der Waals surface area contributed by atoms with Crippen LogP contribution in [-0.4, -0.2) is 60.7 Å². The Hall–Kier alpha value is -1.57. The van der Waals surface area contributed by atoms with Gasteiger partial charge in [-0.05, 0) is 24.3 Å². The average Bonchev–Trinajstić information content (AvgIpc) is 3.27. The van der Waals surface area contributed by atoms with E-state index < -0.39 is 53.8 Å². The van der Waals surface area contributed by atoms with Crippen LogP contribution in [0.15, 0.2) is 35.4 Å². The molecule has 3 aromatic rings. The van der Waals surface area contributed by atoms with E-state index in [9.17, 15) is 28.5 Å². The number of benzene rings is 2. The quantitative estimate of drug-likeness (QED) is 0.321. The summed E-state index contributed by atoms with van der Waals surface area (Å²) in [5, 5.41) is 39.7. The lowest BCUT2D eigenvalue weighted by molar-refractivity contribution is -0.178. The van der Waals surface area contributed by atoms with Gasteiger partial charge in [0.25, 0.3) is 0 Å². The lowest BCUT2D eigenvalue weighted by atomic mass is 9.97. The third-order valence-corrected chi connectivity index (χ3v) is 7.52. The standard InChI is InChI=1S/C20H15Cl3F3N3O4S/c21-8-3-10(23)15(4-9(8)22)34-20-19(32)17(18(31)14(6-30)33-20)29-5-13(27-28-29)7-1-11(24)16(26)12(25)2-7/h1-5,14,17-20,30-32H,6H2/t14-,17+,18+,19-,20-/m1/s1. The van der Waals surface area contributed by atoms with Gasteiger partial charge in [-0.1, -0.05) is 51.8 Å². The first kappa shape index (κ1) is 25.5. The number of nitrogens with zero attached hydrogens (tertiary/aromatic N) is 3. The highest BCUT2D eigenvalue weighted by molar-refractivity contribution is 8.00. The average molecular weight is 557 g/mol. The molecule has 5 atom stereocenters. The molecule has 1 aromatic heterocycles. The zero-order valence-corrected chi connectivity index (χ0v) is 19.8. The fraction of sp³-hybridized carbons (Fsp3) is 0.300. The van der Waals surface area contributed by atoms with E-state index in [-0.39, 0.29) is 26.3 Å². The zero-order chi connectivity index (χ0) is 24.7. The van der Waals surface area contributed by atoms with Gasteiger partial charge in [-0.2, -0.15) is 0 Å². The van der Waals surface area contributed by atoms with Crippen LogP contribution in [0.5, 0.6) is 0 Å². The number of thioether (sulfide) groups is 1. The molecule has 0 spiro atoms. The minimum absolute atomic E-state index is 0.0408. The van der Waals surface area contributed by atoms with Crippen molar-refractivity contribution in [2.24, 2.45) is 0 Å². The van der Waals surface area contributed by atoms with Gasteiger partial charge in [-0.25, -0.2) is 17.9 Å². The van der Waals surface area contributed by atoms with Crippen molar-refractivity contribution in [1.29, 1.82) is 0 Å². The molecule has 0 bridgehead atoms. The van der Waals surface area contributed by atoms with Crippen molar-refractivity contribution in [2.75, 3.05) is 6.61 Å². The highest BCUT2D eigenvalue weighted by Crippen LogP contribution is 2.42. The molecule has 7 nitrogen and oxygen atoms in total. The van der Waals surface area contributed by atoms with Crippen LogP contribution in [0.2, 0.25) is 15.1 Å². The Kier molecular flexibility index (Phi) is 7.65. The highest BCUT2D eigenvalue weighted by Gasteiger charge is 2.46. The van der Waals surface area contributed by atoms with E-state index in [1.165, 1.54) is 18.3 Å². The van der Waals surface area contributed by atoms with E-state index in [1.54, 1.807) is 0 Å². The van der Waals surface area contributed by atoms with Crippen molar-refractivity contribution in [1.82, 2.24) is 15.0 Å². The van der Waals surface area contributed by atoms with Gasteiger partial charge in [0.05, 0.1) is 27.9 Å². The maximum Gasteiger partial charge on any atom is 0.194 e. The van der Waals surface area contributed by atoms with Gasteiger partial charge in [0.1, 0.15) is 35.5 Å². The Morgan fingerprint density at radius 1 is 0.971 bits per heavy atom.